The molecule has 0 saturated heterocycles. The third-order valence-corrected chi connectivity index (χ3v) is 3.03. The van der Waals surface area contributed by atoms with Crippen molar-refractivity contribution in [3.05, 3.63) is 58.1 Å². The lowest BCUT2D eigenvalue weighted by molar-refractivity contribution is -0.383. The smallest absolute Gasteiger partial charge is 0.412 e. The molecule has 0 saturated carbocycles. The molecule has 0 fully saturated rings. The van der Waals surface area contributed by atoms with Crippen LogP contribution in [0.5, 0.6) is 11.5 Å². The van der Waals surface area contributed by atoms with Gasteiger partial charge < -0.3 is 9.47 Å². The van der Waals surface area contributed by atoms with Gasteiger partial charge in [0, 0.05) is 12.1 Å². The van der Waals surface area contributed by atoms with Crippen LogP contribution in [0, 0.1) is 17.0 Å². The van der Waals surface area contributed by atoms with Crippen LogP contribution in [0.2, 0.25) is 0 Å². The molecule has 25 heavy (non-hydrogen) atoms. The maximum atomic E-state index is 11.9. The fourth-order valence-corrected chi connectivity index (χ4v) is 2.07. The molecule has 7 nitrogen and oxygen atoms in total. The zero-order valence-corrected chi connectivity index (χ0v) is 14.5. The Bertz CT molecular complexity index is 796. The minimum atomic E-state index is -0.775. The van der Waals surface area contributed by atoms with Crippen LogP contribution >= 0.6 is 0 Å². The van der Waals surface area contributed by atoms with E-state index in [1.54, 1.807) is 26.8 Å². The maximum Gasteiger partial charge on any atom is 0.412 e. The summed E-state index contributed by atoms with van der Waals surface area (Å²) in [6.45, 7) is 7.05. The fraction of sp³-hybridized carbons (Fsp3) is 0.278. The maximum absolute atomic E-state index is 11.9. The average molecular weight is 344 g/mol. The van der Waals surface area contributed by atoms with Crippen LogP contribution in [0.1, 0.15) is 26.3 Å². The van der Waals surface area contributed by atoms with E-state index >= 15 is 0 Å². The number of nitro benzene ring substituents is 1. The van der Waals surface area contributed by atoms with E-state index in [9.17, 15) is 14.9 Å². The zero-order valence-electron chi connectivity index (χ0n) is 14.5. The summed E-state index contributed by atoms with van der Waals surface area (Å²) in [7, 11) is 0. The molecule has 0 aliphatic heterocycles. The molecule has 0 bridgehead atoms. The lowest BCUT2D eigenvalue weighted by atomic mass is 10.2. The number of carbonyl (C=O) groups is 1. The van der Waals surface area contributed by atoms with Crippen LogP contribution in [-0.4, -0.2) is 16.6 Å². The molecule has 1 amide bonds. The van der Waals surface area contributed by atoms with Crippen LogP contribution in [0.25, 0.3) is 0 Å². The number of amides is 1. The molecule has 2 aromatic carbocycles. The molecular weight excluding hydrogens is 324 g/mol. The van der Waals surface area contributed by atoms with E-state index in [4.69, 9.17) is 9.47 Å². The summed E-state index contributed by atoms with van der Waals surface area (Å²) in [6, 6.07) is 11.5. The van der Waals surface area contributed by atoms with Crippen LogP contribution < -0.4 is 10.1 Å². The highest BCUT2D eigenvalue weighted by atomic mass is 16.6. The lowest BCUT2D eigenvalue weighted by Crippen LogP contribution is -2.27. The number of carbonyl (C=O) groups excluding carboxylic acids is 1. The van der Waals surface area contributed by atoms with Crippen molar-refractivity contribution >= 4 is 17.5 Å². The van der Waals surface area contributed by atoms with Gasteiger partial charge in [-0.15, -0.1) is 0 Å². The first-order valence-electron chi connectivity index (χ1n) is 7.67. The van der Waals surface area contributed by atoms with Gasteiger partial charge in [-0.05, 0) is 51.5 Å². The predicted molar refractivity (Wildman–Crippen MR) is 94.2 cm³/mol. The number of nitrogens with one attached hydrogen (secondary N) is 1. The van der Waals surface area contributed by atoms with Gasteiger partial charge in [0.25, 0.3) is 5.69 Å². The predicted octanol–water partition coefficient (Wildman–Crippen LogP) is 5.04. The SMILES string of the molecule is Cc1cccc(Oc2ccc([N+](=O)[O-])c(NC(=O)OC(C)(C)C)c2)c1. The summed E-state index contributed by atoms with van der Waals surface area (Å²) in [5, 5.41) is 13.6. The third kappa shape index (κ3) is 5.49. The van der Waals surface area contributed by atoms with Crippen LogP contribution in [0.3, 0.4) is 0 Å². The van der Waals surface area contributed by atoms with Crippen molar-refractivity contribution in [1.29, 1.82) is 0 Å². The van der Waals surface area contributed by atoms with Crippen molar-refractivity contribution in [2.75, 3.05) is 5.32 Å². The molecule has 0 aliphatic carbocycles. The van der Waals surface area contributed by atoms with E-state index in [1.807, 2.05) is 25.1 Å². The largest absolute Gasteiger partial charge is 0.457 e. The van der Waals surface area contributed by atoms with Crippen molar-refractivity contribution < 1.29 is 19.2 Å². The molecule has 0 aliphatic rings. The van der Waals surface area contributed by atoms with Gasteiger partial charge in [0.2, 0.25) is 0 Å². The van der Waals surface area contributed by atoms with Crippen LogP contribution in [-0.2, 0) is 4.74 Å². The van der Waals surface area contributed by atoms with Gasteiger partial charge in [0.1, 0.15) is 22.8 Å². The fourth-order valence-electron chi connectivity index (χ4n) is 2.07. The Labute approximate surface area is 145 Å². The van der Waals surface area contributed by atoms with E-state index in [1.165, 1.54) is 18.2 Å². The Hall–Kier alpha value is -3.09. The number of hydrogen-bond donors (Lipinski definition) is 1. The molecule has 0 aromatic heterocycles. The first-order valence-corrected chi connectivity index (χ1v) is 7.67. The number of rotatable bonds is 4. The van der Waals surface area contributed by atoms with Crippen LogP contribution in [0.15, 0.2) is 42.5 Å². The minimum absolute atomic E-state index is 0.00408. The monoisotopic (exact) mass is 344 g/mol. The van der Waals surface area contributed by atoms with E-state index < -0.39 is 16.6 Å². The van der Waals surface area contributed by atoms with Crippen molar-refractivity contribution in [3.8, 4) is 11.5 Å². The second kappa shape index (κ2) is 7.21. The molecule has 0 spiro atoms. The van der Waals surface area contributed by atoms with Crippen molar-refractivity contribution in [2.45, 2.75) is 33.3 Å². The second-order valence-corrected chi connectivity index (χ2v) is 6.48. The quantitative estimate of drug-likeness (QED) is 0.619. The Balaban J connectivity index is 2.26. The highest BCUT2D eigenvalue weighted by Gasteiger charge is 2.21. The molecular formula is C18H20N2O5. The van der Waals surface area contributed by atoms with Gasteiger partial charge in [-0.25, -0.2) is 4.79 Å². The van der Waals surface area contributed by atoms with Crippen molar-refractivity contribution in [1.82, 2.24) is 0 Å². The van der Waals surface area contributed by atoms with Gasteiger partial charge in [0.05, 0.1) is 4.92 Å². The molecule has 0 unspecified atom stereocenters. The van der Waals surface area contributed by atoms with Gasteiger partial charge >= 0.3 is 6.09 Å². The number of aryl methyl sites for hydroxylation is 1. The van der Waals surface area contributed by atoms with E-state index in [0.29, 0.717) is 11.5 Å². The first kappa shape index (κ1) is 18.3. The Morgan fingerprint density at radius 3 is 2.40 bits per heavy atom. The second-order valence-electron chi connectivity index (χ2n) is 6.48. The van der Waals surface area contributed by atoms with Crippen LogP contribution in [0.4, 0.5) is 16.2 Å². The van der Waals surface area contributed by atoms with Crippen molar-refractivity contribution in [3.63, 3.8) is 0 Å². The molecule has 0 atom stereocenters. The average Bonchev–Trinajstić information content (AvgIpc) is 2.45. The van der Waals surface area contributed by atoms with Gasteiger partial charge in [0.15, 0.2) is 0 Å². The van der Waals surface area contributed by atoms with Gasteiger partial charge in [-0.2, -0.15) is 0 Å². The lowest BCUT2D eigenvalue weighted by Gasteiger charge is -2.19. The number of hydrogen-bond acceptors (Lipinski definition) is 5. The summed E-state index contributed by atoms with van der Waals surface area (Å²) in [6.07, 6.45) is -0.775. The zero-order chi connectivity index (χ0) is 18.6. The first-order chi connectivity index (χ1) is 11.6. The van der Waals surface area contributed by atoms with Gasteiger partial charge in [-0.3, -0.25) is 15.4 Å². The number of ether oxygens (including phenoxy) is 2. The van der Waals surface area contributed by atoms with Crippen molar-refractivity contribution in [2.24, 2.45) is 0 Å². The summed E-state index contributed by atoms with van der Waals surface area (Å²) in [5.74, 6) is 0.958. The molecule has 1 N–H and O–H groups in total. The number of nitrogens with zero attached hydrogens (tertiary/aromatic N) is 1. The highest BCUT2D eigenvalue weighted by Crippen LogP contribution is 2.32. The molecule has 0 heterocycles. The minimum Gasteiger partial charge on any atom is -0.457 e. The third-order valence-electron chi connectivity index (χ3n) is 3.03. The number of nitro groups is 1. The van der Waals surface area contributed by atoms with E-state index in [2.05, 4.69) is 5.32 Å². The summed E-state index contributed by atoms with van der Waals surface area (Å²) >= 11 is 0. The normalized spacial score (nSPS) is 10.9. The highest BCUT2D eigenvalue weighted by molar-refractivity contribution is 5.88. The topological polar surface area (TPSA) is 90.7 Å². The Morgan fingerprint density at radius 1 is 1.12 bits per heavy atom. The standard InChI is InChI=1S/C18H20N2O5/c1-12-6-5-7-13(10-12)24-14-8-9-16(20(22)23)15(11-14)19-17(21)25-18(2,3)4/h5-11H,1-4H3,(H,19,21). The Kier molecular flexibility index (Phi) is 5.26. The molecule has 7 heteroatoms. The summed E-state index contributed by atoms with van der Waals surface area (Å²) < 4.78 is 10.8. The number of anilines is 1. The number of benzene rings is 2. The van der Waals surface area contributed by atoms with E-state index in [-0.39, 0.29) is 11.4 Å². The molecule has 132 valence electrons. The molecule has 2 aromatic rings. The summed E-state index contributed by atoms with van der Waals surface area (Å²) in [5.41, 5.74) is 0.0625. The molecule has 2 rings (SSSR count). The van der Waals surface area contributed by atoms with Gasteiger partial charge in [-0.1, -0.05) is 12.1 Å². The Morgan fingerprint density at radius 2 is 1.80 bits per heavy atom. The molecule has 0 radical (unpaired) electrons. The summed E-state index contributed by atoms with van der Waals surface area (Å²) in [4.78, 5) is 22.5. The van der Waals surface area contributed by atoms with E-state index in [0.717, 1.165) is 5.56 Å².